The van der Waals surface area contributed by atoms with Crippen LogP contribution in [0, 0.1) is 17.1 Å². The van der Waals surface area contributed by atoms with E-state index in [2.05, 4.69) is 0 Å². The van der Waals surface area contributed by atoms with Gasteiger partial charge in [0, 0.05) is 32.9 Å². The second-order valence-electron chi connectivity index (χ2n) is 4.85. The number of hydrogen-bond acceptors (Lipinski definition) is 4. The van der Waals surface area contributed by atoms with E-state index in [0.29, 0.717) is 30.6 Å². The minimum atomic E-state index is -0.632. The van der Waals surface area contributed by atoms with Gasteiger partial charge in [-0.3, -0.25) is 4.79 Å². The number of benzene rings is 1. The molecular weight excluding hydrogens is 273 g/mol. The molecule has 0 bridgehead atoms. The Balaban J connectivity index is 2.65. The van der Waals surface area contributed by atoms with Gasteiger partial charge in [0.15, 0.2) is 0 Å². The van der Waals surface area contributed by atoms with E-state index < -0.39 is 11.9 Å². The van der Waals surface area contributed by atoms with Crippen LogP contribution in [0.2, 0.25) is 0 Å². The Morgan fingerprint density at radius 2 is 2.29 bits per heavy atom. The van der Waals surface area contributed by atoms with Crippen LogP contribution in [0.1, 0.15) is 24.0 Å². The SMILES string of the molecule is COCCCC(N)C(=O)N(C)Cc1cc(C#N)ccc1F. The fourth-order valence-electron chi connectivity index (χ4n) is 1.95. The molecule has 1 atom stereocenters. The Labute approximate surface area is 124 Å². The lowest BCUT2D eigenvalue weighted by Gasteiger charge is -2.21. The number of hydrogen-bond donors (Lipinski definition) is 1. The summed E-state index contributed by atoms with van der Waals surface area (Å²) >= 11 is 0. The zero-order valence-electron chi connectivity index (χ0n) is 12.3. The van der Waals surface area contributed by atoms with Gasteiger partial charge in [-0.2, -0.15) is 5.26 Å². The molecule has 114 valence electrons. The minimum Gasteiger partial charge on any atom is -0.385 e. The van der Waals surface area contributed by atoms with Gasteiger partial charge in [-0.25, -0.2) is 4.39 Å². The number of nitriles is 1. The summed E-state index contributed by atoms with van der Waals surface area (Å²) in [6.07, 6.45) is 1.20. The van der Waals surface area contributed by atoms with Gasteiger partial charge in [-0.05, 0) is 31.0 Å². The number of methoxy groups -OCH3 is 1. The van der Waals surface area contributed by atoms with Crippen molar-refractivity contribution in [1.29, 1.82) is 5.26 Å². The van der Waals surface area contributed by atoms with Crippen molar-refractivity contribution in [2.24, 2.45) is 5.73 Å². The third-order valence-corrected chi connectivity index (χ3v) is 3.14. The van der Waals surface area contributed by atoms with Gasteiger partial charge in [0.25, 0.3) is 0 Å². The lowest BCUT2D eigenvalue weighted by molar-refractivity contribution is -0.132. The first-order chi connectivity index (χ1) is 9.99. The molecular formula is C15H20FN3O2. The molecule has 0 aliphatic carbocycles. The normalized spacial score (nSPS) is 11.8. The van der Waals surface area contributed by atoms with Crippen LogP contribution in [0.3, 0.4) is 0 Å². The largest absolute Gasteiger partial charge is 0.385 e. The number of nitrogens with two attached hydrogens (primary N) is 1. The van der Waals surface area contributed by atoms with Crippen LogP contribution >= 0.6 is 0 Å². The number of nitrogens with zero attached hydrogens (tertiary/aromatic N) is 2. The summed E-state index contributed by atoms with van der Waals surface area (Å²) in [4.78, 5) is 13.5. The second kappa shape index (κ2) is 8.35. The summed E-state index contributed by atoms with van der Waals surface area (Å²) in [6.45, 7) is 0.627. The highest BCUT2D eigenvalue weighted by Crippen LogP contribution is 2.13. The Morgan fingerprint density at radius 3 is 2.90 bits per heavy atom. The molecule has 0 saturated heterocycles. The number of carbonyl (C=O) groups excluding carboxylic acids is 1. The highest BCUT2D eigenvalue weighted by atomic mass is 19.1. The molecule has 21 heavy (non-hydrogen) atoms. The Morgan fingerprint density at radius 1 is 1.57 bits per heavy atom. The van der Waals surface area contributed by atoms with Gasteiger partial charge in [0.2, 0.25) is 5.91 Å². The molecule has 0 fully saturated rings. The Hall–Kier alpha value is -1.97. The average Bonchev–Trinajstić information content (AvgIpc) is 2.48. The zero-order valence-corrected chi connectivity index (χ0v) is 12.3. The monoisotopic (exact) mass is 293 g/mol. The fraction of sp³-hybridized carbons (Fsp3) is 0.467. The van der Waals surface area contributed by atoms with E-state index in [1.807, 2.05) is 6.07 Å². The van der Waals surface area contributed by atoms with Crippen LogP contribution in [-0.2, 0) is 16.1 Å². The van der Waals surface area contributed by atoms with Crippen molar-refractivity contribution in [3.05, 3.63) is 35.1 Å². The molecule has 1 aromatic carbocycles. The van der Waals surface area contributed by atoms with E-state index in [1.54, 1.807) is 14.2 Å². The molecule has 0 heterocycles. The van der Waals surface area contributed by atoms with Crippen LogP contribution in [-0.4, -0.2) is 37.6 Å². The summed E-state index contributed by atoms with van der Waals surface area (Å²) < 4.78 is 18.6. The van der Waals surface area contributed by atoms with Gasteiger partial charge in [0.1, 0.15) is 5.82 Å². The average molecular weight is 293 g/mol. The third-order valence-electron chi connectivity index (χ3n) is 3.14. The van der Waals surface area contributed by atoms with E-state index in [9.17, 15) is 9.18 Å². The number of carbonyl (C=O) groups is 1. The van der Waals surface area contributed by atoms with Gasteiger partial charge in [-0.1, -0.05) is 0 Å². The first kappa shape index (κ1) is 17.1. The van der Waals surface area contributed by atoms with Crippen molar-refractivity contribution in [2.45, 2.75) is 25.4 Å². The predicted molar refractivity (Wildman–Crippen MR) is 76.7 cm³/mol. The van der Waals surface area contributed by atoms with Gasteiger partial charge in [-0.15, -0.1) is 0 Å². The van der Waals surface area contributed by atoms with Crippen molar-refractivity contribution in [3.63, 3.8) is 0 Å². The van der Waals surface area contributed by atoms with Crippen LogP contribution in [0.15, 0.2) is 18.2 Å². The molecule has 0 saturated carbocycles. The van der Waals surface area contributed by atoms with Gasteiger partial charge >= 0.3 is 0 Å². The molecule has 5 nitrogen and oxygen atoms in total. The molecule has 1 amide bonds. The lowest BCUT2D eigenvalue weighted by Crippen LogP contribution is -2.41. The van der Waals surface area contributed by atoms with E-state index in [4.69, 9.17) is 15.7 Å². The third kappa shape index (κ3) is 5.14. The number of halogens is 1. The molecule has 1 rings (SSSR count). The molecule has 0 radical (unpaired) electrons. The lowest BCUT2D eigenvalue weighted by atomic mass is 10.1. The second-order valence-corrected chi connectivity index (χ2v) is 4.85. The Bertz CT molecular complexity index is 528. The summed E-state index contributed by atoms with van der Waals surface area (Å²) in [7, 11) is 3.15. The summed E-state index contributed by atoms with van der Waals surface area (Å²) in [5.41, 5.74) is 6.47. The fourth-order valence-corrected chi connectivity index (χ4v) is 1.95. The van der Waals surface area contributed by atoms with Gasteiger partial charge in [0.05, 0.1) is 17.7 Å². The topological polar surface area (TPSA) is 79.3 Å². The van der Waals surface area contributed by atoms with Crippen molar-refractivity contribution in [1.82, 2.24) is 4.90 Å². The standard InChI is InChI=1S/C15H20FN3O2/c1-19(15(20)14(18)4-3-7-21-2)10-12-8-11(9-17)5-6-13(12)16/h5-6,8,14H,3-4,7,10,18H2,1-2H3. The van der Waals surface area contributed by atoms with E-state index >= 15 is 0 Å². The number of amides is 1. The first-order valence-corrected chi connectivity index (χ1v) is 6.67. The molecule has 0 aliphatic heterocycles. The Kier molecular flexibility index (Phi) is 6.79. The van der Waals surface area contributed by atoms with Gasteiger partial charge < -0.3 is 15.4 Å². The van der Waals surface area contributed by atoms with Crippen molar-refractivity contribution in [3.8, 4) is 6.07 Å². The molecule has 0 aromatic heterocycles. The van der Waals surface area contributed by atoms with Crippen LogP contribution in [0.25, 0.3) is 0 Å². The number of ether oxygens (including phenoxy) is 1. The summed E-state index contributed by atoms with van der Waals surface area (Å²) in [5, 5.41) is 8.82. The maximum absolute atomic E-state index is 13.7. The molecule has 0 aliphatic rings. The quantitative estimate of drug-likeness (QED) is 0.771. The molecule has 6 heteroatoms. The van der Waals surface area contributed by atoms with E-state index in [-0.39, 0.29) is 12.5 Å². The molecule has 2 N–H and O–H groups in total. The summed E-state index contributed by atoms with van der Waals surface area (Å²) in [6, 6.07) is 5.38. The smallest absolute Gasteiger partial charge is 0.239 e. The van der Waals surface area contributed by atoms with Crippen molar-refractivity contribution >= 4 is 5.91 Å². The maximum Gasteiger partial charge on any atom is 0.239 e. The molecule has 1 aromatic rings. The maximum atomic E-state index is 13.7. The predicted octanol–water partition coefficient (Wildman–Crippen LogP) is 1.41. The molecule has 0 spiro atoms. The first-order valence-electron chi connectivity index (χ1n) is 6.67. The van der Waals surface area contributed by atoms with Crippen molar-refractivity contribution in [2.75, 3.05) is 20.8 Å². The highest BCUT2D eigenvalue weighted by molar-refractivity contribution is 5.81. The highest BCUT2D eigenvalue weighted by Gasteiger charge is 2.19. The van der Waals surface area contributed by atoms with Crippen LogP contribution in [0.4, 0.5) is 4.39 Å². The van der Waals surface area contributed by atoms with E-state index in [1.165, 1.54) is 23.1 Å². The zero-order chi connectivity index (χ0) is 15.8. The van der Waals surface area contributed by atoms with Crippen molar-refractivity contribution < 1.29 is 13.9 Å². The molecule has 1 unspecified atom stereocenters. The summed E-state index contributed by atoms with van der Waals surface area (Å²) in [5.74, 6) is -0.700. The number of rotatable bonds is 7. The van der Waals surface area contributed by atoms with E-state index in [0.717, 1.165) is 0 Å². The number of likely N-dealkylation sites (N-methyl/N-ethyl adjacent to an activating group) is 1. The van der Waals surface area contributed by atoms with Crippen LogP contribution < -0.4 is 5.73 Å². The van der Waals surface area contributed by atoms with Crippen LogP contribution in [0.5, 0.6) is 0 Å². The minimum absolute atomic E-state index is 0.0815.